The van der Waals surface area contributed by atoms with Crippen molar-refractivity contribution in [3.63, 3.8) is 0 Å². The third-order valence-electron chi connectivity index (χ3n) is 3.31. The number of amides is 1. The summed E-state index contributed by atoms with van der Waals surface area (Å²) < 4.78 is 0. The lowest BCUT2D eigenvalue weighted by Gasteiger charge is -2.22. The Morgan fingerprint density at radius 3 is 3.22 bits per heavy atom. The summed E-state index contributed by atoms with van der Waals surface area (Å²) in [6.45, 7) is 4.80. The quantitative estimate of drug-likeness (QED) is 0.856. The van der Waals surface area contributed by atoms with Crippen LogP contribution < -0.4 is 10.6 Å². The molecular weight excluding hydrogens is 246 g/mol. The van der Waals surface area contributed by atoms with Crippen molar-refractivity contribution in [1.82, 2.24) is 15.6 Å². The number of aryl methyl sites for hydroxylation is 1. The van der Waals surface area contributed by atoms with Gasteiger partial charge in [-0.05, 0) is 45.2 Å². The van der Waals surface area contributed by atoms with Crippen molar-refractivity contribution in [1.29, 1.82) is 0 Å². The molecule has 1 aromatic rings. The molecule has 2 rings (SSSR count). The Labute approximate surface area is 112 Å². The molecule has 1 aliphatic heterocycles. The van der Waals surface area contributed by atoms with Crippen molar-refractivity contribution in [3.8, 4) is 0 Å². The van der Waals surface area contributed by atoms with Crippen molar-refractivity contribution in [2.45, 2.75) is 39.2 Å². The van der Waals surface area contributed by atoms with E-state index in [1.54, 1.807) is 11.3 Å². The van der Waals surface area contributed by atoms with E-state index in [0.29, 0.717) is 18.9 Å². The maximum Gasteiger partial charge on any atom is 0.220 e. The molecule has 2 N–H and O–H groups in total. The molecule has 0 radical (unpaired) electrons. The molecule has 1 saturated heterocycles. The van der Waals surface area contributed by atoms with Crippen LogP contribution in [0.2, 0.25) is 0 Å². The summed E-state index contributed by atoms with van der Waals surface area (Å²) in [7, 11) is 0. The molecule has 0 aromatic carbocycles. The molecule has 1 fully saturated rings. The van der Waals surface area contributed by atoms with E-state index in [2.05, 4.69) is 15.6 Å². The van der Waals surface area contributed by atoms with Gasteiger partial charge < -0.3 is 10.6 Å². The first kappa shape index (κ1) is 13.5. The summed E-state index contributed by atoms with van der Waals surface area (Å²) in [5.74, 6) is 0.835. The zero-order valence-corrected chi connectivity index (χ0v) is 11.7. The molecule has 2 heterocycles. The fourth-order valence-corrected chi connectivity index (χ4v) is 3.00. The van der Waals surface area contributed by atoms with E-state index >= 15 is 0 Å². The second kappa shape index (κ2) is 6.85. The summed E-state index contributed by atoms with van der Waals surface area (Å²) in [4.78, 5) is 17.0. The lowest BCUT2D eigenvalue weighted by molar-refractivity contribution is -0.121. The molecule has 1 unspecified atom stereocenters. The van der Waals surface area contributed by atoms with E-state index in [4.69, 9.17) is 0 Å². The van der Waals surface area contributed by atoms with Crippen LogP contribution in [0.3, 0.4) is 0 Å². The Bertz CT molecular complexity index is 385. The average Bonchev–Trinajstić information content (AvgIpc) is 2.81. The number of aromatic nitrogens is 1. The Balaban J connectivity index is 1.62. The van der Waals surface area contributed by atoms with Gasteiger partial charge >= 0.3 is 0 Å². The number of nitrogens with one attached hydrogen (secondary N) is 2. The molecular formula is C13H21N3OS. The van der Waals surface area contributed by atoms with Crippen LogP contribution in [0.1, 0.15) is 35.6 Å². The molecule has 0 aliphatic carbocycles. The van der Waals surface area contributed by atoms with E-state index in [1.807, 2.05) is 13.1 Å². The van der Waals surface area contributed by atoms with Gasteiger partial charge in [-0.2, -0.15) is 0 Å². The second-order valence-electron chi connectivity index (χ2n) is 4.87. The minimum Gasteiger partial charge on any atom is -0.351 e. The summed E-state index contributed by atoms with van der Waals surface area (Å²) in [5, 5.41) is 7.39. The van der Waals surface area contributed by atoms with Crippen LogP contribution in [0.15, 0.2) is 6.20 Å². The monoisotopic (exact) mass is 267 g/mol. The molecule has 0 bridgehead atoms. The first-order valence-electron chi connectivity index (χ1n) is 6.63. The van der Waals surface area contributed by atoms with Crippen LogP contribution in [0.25, 0.3) is 0 Å². The van der Waals surface area contributed by atoms with Crippen molar-refractivity contribution in [3.05, 3.63) is 16.1 Å². The number of piperidine rings is 1. The van der Waals surface area contributed by atoms with Crippen LogP contribution in [0, 0.1) is 12.8 Å². The normalized spacial score (nSPS) is 19.7. The maximum absolute atomic E-state index is 11.7. The van der Waals surface area contributed by atoms with Gasteiger partial charge in [0.15, 0.2) is 0 Å². The molecule has 0 saturated carbocycles. The van der Waals surface area contributed by atoms with Crippen molar-refractivity contribution in [2.75, 3.05) is 13.1 Å². The van der Waals surface area contributed by atoms with Crippen LogP contribution in [-0.2, 0) is 11.3 Å². The van der Waals surface area contributed by atoms with E-state index in [-0.39, 0.29) is 5.91 Å². The van der Waals surface area contributed by atoms with E-state index < -0.39 is 0 Å². The molecule has 18 heavy (non-hydrogen) atoms. The summed E-state index contributed by atoms with van der Waals surface area (Å²) >= 11 is 1.64. The summed E-state index contributed by atoms with van der Waals surface area (Å²) in [6, 6.07) is 0. The van der Waals surface area contributed by atoms with E-state index in [0.717, 1.165) is 29.4 Å². The highest BCUT2D eigenvalue weighted by Gasteiger charge is 2.14. The highest BCUT2D eigenvalue weighted by atomic mass is 32.1. The smallest absolute Gasteiger partial charge is 0.220 e. The zero-order valence-electron chi connectivity index (χ0n) is 10.9. The van der Waals surface area contributed by atoms with Gasteiger partial charge in [0.1, 0.15) is 0 Å². The van der Waals surface area contributed by atoms with Crippen molar-refractivity contribution in [2.24, 2.45) is 5.92 Å². The molecule has 0 spiro atoms. The van der Waals surface area contributed by atoms with Crippen molar-refractivity contribution < 1.29 is 4.79 Å². The Kier molecular flexibility index (Phi) is 5.13. The fraction of sp³-hybridized carbons (Fsp3) is 0.692. The molecule has 5 heteroatoms. The summed E-state index contributed by atoms with van der Waals surface area (Å²) in [6.07, 6.45) is 5.98. The first-order chi connectivity index (χ1) is 8.74. The Hall–Kier alpha value is -0.940. The van der Waals surface area contributed by atoms with Crippen LogP contribution in [0.4, 0.5) is 0 Å². The van der Waals surface area contributed by atoms with Gasteiger partial charge in [0, 0.05) is 17.5 Å². The van der Waals surface area contributed by atoms with Gasteiger partial charge in [-0.3, -0.25) is 4.79 Å². The number of rotatable bonds is 5. The summed E-state index contributed by atoms with van der Waals surface area (Å²) in [5.41, 5.74) is 0. The van der Waals surface area contributed by atoms with Crippen LogP contribution in [0.5, 0.6) is 0 Å². The SMILES string of the molecule is Cc1ncc(CNC(=O)CCC2CCCNC2)s1. The molecule has 1 aromatic heterocycles. The second-order valence-corrected chi connectivity index (χ2v) is 6.19. The minimum absolute atomic E-state index is 0.159. The molecule has 1 atom stereocenters. The van der Waals surface area contributed by atoms with Gasteiger partial charge in [-0.1, -0.05) is 0 Å². The Morgan fingerprint density at radius 2 is 2.56 bits per heavy atom. The highest BCUT2D eigenvalue weighted by molar-refractivity contribution is 7.11. The maximum atomic E-state index is 11.7. The number of carbonyl (C=O) groups is 1. The number of hydrogen-bond acceptors (Lipinski definition) is 4. The molecule has 1 aliphatic rings. The first-order valence-corrected chi connectivity index (χ1v) is 7.44. The Morgan fingerprint density at radius 1 is 1.67 bits per heavy atom. The third kappa shape index (κ3) is 4.38. The van der Waals surface area contributed by atoms with Gasteiger partial charge in [0.05, 0.1) is 11.6 Å². The largest absolute Gasteiger partial charge is 0.351 e. The van der Waals surface area contributed by atoms with Gasteiger partial charge in [-0.25, -0.2) is 4.98 Å². The zero-order chi connectivity index (χ0) is 12.8. The predicted molar refractivity (Wildman–Crippen MR) is 73.5 cm³/mol. The van der Waals surface area contributed by atoms with Crippen LogP contribution >= 0.6 is 11.3 Å². The number of hydrogen-bond donors (Lipinski definition) is 2. The van der Waals surface area contributed by atoms with Gasteiger partial charge in [-0.15, -0.1) is 11.3 Å². The molecule has 4 nitrogen and oxygen atoms in total. The van der Waals surface area contributed by atoms with E-state index in [1.165, 1.54) is 12.8 Å². The molecule has 1 amide bonds. The topological polar surface area (TPSA) is 54.0 Å². The number of nitrogens with zero attached hydrogens (tertiary/aromatic N) is 1. The van der Waals surface area contributed by atoms with E-state index in [9.17, 15) is 4.79 Å². The third-order valence-corrected chi connectivity index (χ3v) is 4.22. The standard InChI is InChI=1S/C13H21N3OS/c1-10-15-8-12(18-10)9-16-13(17)5-4-11-3-2-6-14-7-11/h8,11,14H,2-7,9H2,1H3,(H,16,17). The average molecular weight is 267 g/mol. The van der Waals surface area contributed by atoms with Crippen molar-refractivity contribution >= 4 is 17.2 Å². The molecule has 100 valence electrons. The fourth-order valence-electron chi connectivity index (χ4n) is 2.27. The van der Waals surface area contributed by atoms with Gasteiger partial charge in [0.2, 0.25) is 5.91 Å². The predicted octanol–water partition coefficient (Wildman–Crippen LogP) is 1.85. The number of thiazole rings is 1. The minimum atomic E-state index is 0.159. The van der Waals surface area contributed by atoms with Gasteiger partial charge in [0.25, 0.3) is 0 Å². The number of carbonyl (C=O) groups excluding carboxylic acids is 1. The van der Waals surface area contributed by atoms with Crippen LogP contribution in [-0.4, -0.2) is 24.0 Å². The lowest BCUT2D eigenvalue weighted by Crippen LogP contribution is -2.31. The lowest BCUT2D eigenvalue weighted by atomic mass is 9.94. The highest BCUT2D eigenvalue weighted by Crippen LogP contribution is 2.16.